The number of halogens is 7. The molecule has 0 saturated heterocycles. The fourth-order valence-electron chi connectivity index (χ4n) is 5.68. The molecule has 2 unspecified atom stereocenters. The highest BCUT2D eigenvalue weighted by atomic mass is 79.9. The van der Waals surface area contributed by atoms with E-state index in [1.54, 1.807) is 0 Å². The summed E-state index contributed by atoms with van der Waals surface area (Å²) in [6.45, 7) is -0.644. The summed E-state index contributed by atoms with van der Waals surface area (Å²) >= 11 is 3.04. The SMILES string of the molecule is Nc1nccc(-c2cnn(-c3cccc(C(CCBr)C(F)(F)F)n3)c2)c1[N+](=O)[O-].Nc1nccc(-c2cnn(-c3cccc(C(CCO)C(F)(F)F)n3)c2)c1[N+](=O)[O-]. The van der Waals surface area contributed by atoms with Crippen LogP contribution in [0.3, 0.4) is 0 Å². The largest absolute Gasteiger partial charge is 0.397 e. The molecule has 2 atom stereocenters. The van der Waals surface area contributed by atoms with Gasteiger partial charge in [-0.15, -0.1) is 0 Å². The van der Waals surface area contributed by atoms with Crippen molar-refractivity contribution in [1.29, 1.82) is 0 Å². The van der Waals surface area contributed by atoms with Crippen LogP contribution in [0.15, 0.2) is 85.7 Å². The molecule has 0 aliphatic heterocycles. The quantitative estimate of drug-likeness (QED) is 0.0481. The zero-order chi connectivity index (χ0) is 42.4. The molecular weight excluding hydrogens is 850 g/mol. The number of nitrogens with two attached hydrogens (primary N) is 2. The molecular formula is C34H29BrF6N12O5. The number of alkyl halides is 7. The lowest BCUT2D eigenvalue weighted by Gasteiger charge is -2.19. The van der Waals surface area contributed by atoms with Crippen LogP contribution >= 0.6 is 15.9 Å². The molecule has 6 aromatic rings. The molecule has 6 rings (SSSR count). The van der Waals surface area contributed by atoms with Gasteiger partial charge in [0.25, 0.3) is 0 Å². The Morgan fingerprint density at radius 1 is 0.707 bits per heavy atom. The molecule has 6 heterocycles. The van der Waals surface area contributed by atoms with Gasteiger partial charge in [-0.1, -0.05) is 28.1 Å². The Morgan fingerprint density at radius 2 is 1.12 bits per heavy atom. The van der Waals surface area contributed by atoms with Crippen LogP contribution in [0, 0.1) is 20.2 Å². The lowest BCUT2D eigenvalue weighted by atomic mass is 10.0. The Hall–Kier alpha value is -6.56. The molecule has 0 aromatic carbocycles. The molecule has 0 saturated carbocycles. The summed E-state index contributed by atoms with van der Waals surface area (Å²) in [7, 11) is 0. The summed E-state index contributed by atoms with van der Waals surface area (Å²) in [5.41, 5.74) is 11.0. The number of pyridine rings is 4. The van der Waals surface area contributed by atoms with E-state index in [2.05, 4.69) is 46.1 Å². The third-order valence-electron chi connectivity index (χ3n) is 8.36. The van der Waals surface area contributed by atoms with E-state index < -0.39 is 52.8 Å². The molecule has 0 radical (unpaired) electrons. The maximum atomic E-state index is 13.3. The smallest absolute Gasteiger partial charge is 0.396 e. The zero-order valence-electron chi connectivity index (χ0n) is 29.4. The minimum absolute atomic E-state index is 0.0885. The highest BCUT2D eigenvalue weighted by Gasteiger charge is 2.42. The van der Waals surface area contributed by atoms with Crippen LogP contribution in [0.2, 0.25) is 0 Å². The second-order valence-electron chi connectivity index (χ2n) is 12.1. The number of hydrogen-bond acceptors (Lipinski definition) is 13. The number of nitro groups is 2. The number of nitrogens with zero attached hydrogens (tertiary/aromatic N) is 10. The number of rotatable bonds is 12. The minimum Gasteiger partial charge on any atom is -0.396 e. The Labute approximate surface area is 330 Å². The normalized spacial score (nSPS) is 12.7. The van der Waals surface area contributed by atoms with Crippen LogP contribution in [-0.2, 0) is 0 Å². The van der Waals surface area contributed by atoms with Gasteiger partial charge in [0, 0.05) is 47.9 Å². The standard InChI is InChI=1S/C17H14BrF3N6O2.C17H15F3N6O3/c18-6-4-12(17(19,20)21)13-2-1-3-14(25-13)26-9-10(8-24-26)11-5-7-23-16(22)15(11)27(28)29;18-17(19,20)12(5-7-27)13-2-1-3-14(24-13)25-9-10(8-23-25)11-4-6-22-16(21)15(11)26(28)29/h1-3,5,7-9,12H,4,6H2,(H2,22,23);1-4,6,8-9,12,27H,5,7H2,(H2,21,22). The Balaban J connectivity index is 0.000000221. The lowest BCUT2D eigenvalue weighted by Crippen LogP contribution is -2.23. The van der Waals surface area contributed by atoms with Crippen molar-refractivity contribution in [3.63, 3.8) is 0 Å². The number of aliphatic hydroxyl groups is 1. The molecule has 6 aromatic heterocycles. The van der Waals surface area contributed by atoms with Gasteiger partial charge >= 0.3 is 23.7 Å². The highest BCUT2D eigenvalue weighted by Crippen LogP contribution is 2.39. The van der Waals surface area contributed by atoms with Crippen molar-refractivity contribution in [3.8, 4) is 33.9 Å². The van der Waals surface area contributed by atoms with Crippen molar-refractivity contribution in [1.82, 2.24) is 39.5 Å². The third-order valence-corrected chi connectivity index (χ3v) is 8.82. The minimum atomic E-state index is -4.57. The Kier molecular flexibility index (Phi) is 13.0. The molecule has 58 heavy (non-hydrogen) atoms. The first kappa shape index (κ1) is 42.6. The summed E-state index contributed by atoms with van der Waals surface area (Å²) in [6.07, 6.45) is -1.59. The van der Waals surface area contributed by atoms with E-state index in [1.165, 1.54) is 95.1 Å². The van der Waals surface area contributed by atoms with Crippen LogP contribution < -0.4 is 11.5 Å². The van der Waals surface area contributed by atoms with Gasteiger partial charge in [0.1, 0.15) is 0 Å². The van der Waals surface area contributed by atoms with Gasteiger partial charge in [0.15, 0.2) is 11.6 Å². The second kappa shape index (κ2) is 17.7. The molecule has 0 fully saturated rings. The number of hydrogen-bond donors (Lipinski definition) is 3. The molecule has 5 N–H and O–H groups in total. The van der Waals surface area contributed by atoms with Crippen LogP contribution in [0.1, 0.15) is 36.1 Å². The van der Waals surface area contributed by atoms with E-state index in [0.29, 0.717) is 11.1 Å². The van der Waals surface area contributed by atoms with Crippen molar-refractivity contribution < 1.29 is 41.3 Å². The zero-order valence-corrected chi connectivity index (χ0v) is 31.0. The van der Waals surface area contributed by atoms with Gasteiger partial charge in [-0.25, -0.2) is 29.3 Å². The molecule has 0 bridgehead atoms. The van der Waals surface area contributed by atoms with Gasteiger partial charge in [0.05, 0.1) is 56.6 Å². The third kappa shape index (κ3) is 9.69. The number of aliphatic hydroxyl groups excluding tert-OH is 1. The monoisotopic (exact) mass is 878 g/mol. The van der Waals surface area contributed by atoms with Crippen molar-refractivity contribution in [2.24, 2.45) is 0 Å². The molecule has 24 heteroatoms. The molecule has 0 spiro atoms. The van der Waals surface area contributed by atoms with E-state index in [0.717, 1.165) is 0 Å². The van der Waals surface area contributed by atoms with Crippen LogP contribution in [-0.4, -0.2) is 78.7 Å². The summed E-state index contributed by atoms with van der Waals surface area (Å²) in [4.78, 5) is 36.8. The van der Waals surface area contributed by atoms with E-state index in [9.17, 15) is 46.6 Å². The van der Waals surface area contributed by atoms with Crippen molar-refractivity contribution >= 4 is 38.9 Å². The molecule has 304 valence electrons. The number of nitrogen functional groups attached to an aromatic ring is 2. The fraction of sp³-hybridized carbons (Fsp3) is 0.235. The predicted molar refractivity (Wildman–Crippen MR) is 199 cm³/mol. The highest BCUT2D eigenvalue weighted by molar-refractivity contribution is 9.09. The fourth-order valence-corrected chi connectivity index (χ4v) is 6.14. The molecule has 0 amide bonds. The van der Waals surface area contributed by atoms with E-state index in [4.69, 9.17) is 16.6 Å². The first-order valence-corrected chi connectivity index (χ1v) is 17.7. The van der Waals surface area contributed by atoms with Gasteiger partial charge in [0.2, 0.25) is 11.6 Å². The van der Waals surface area contributed by atoms with E-state index in [-0.39, 0.29) is 63.2 Å². The summed E-state index contributed by atoms with van der Waals surface area (Å²) in [5.74, 6) is -3.92. The molecule has 0 aliphatic carbocycles. The van der Waals surface area contributed by atoms with Gasteiger partial charge in [-0.3, -0.25) is 20.2 Å². The Morgan fingerprint density at radius 3 is 1.48 bits per heavy atom. The van der Waals surface area contributed by atoms with Crippen LogP contribution in [0.5, 0.6) is 0 Å². The maximum absolute atomic E-state index is 13.3. The van der Waals surface area contributed by atoms with Crippen molar-refractivity contribution in [3.05, 3.63) is 117 Å². The molecule has 0 aliphatic rings. The number of anilines is 2. The topological polar surface area (TPSA) is 246 Å². The van der Waals surface area contributed by atoms with Crippen molar-refractivity contribution in [2.45, 2.75) is 37.0 Å². The van der Waals surface area contributed by atoms with Crippen LogP contribution in [0.4, 0.5) is 49.4 Å². The van der Waals surface area contributed by atoms with Crippen LogP contribution in [0.25, 0.3) is 33.9 Å². The first-order valence-electron chi connectivity index (χ1n) is 16.6. The number of aromatic nitrogens is 8. The lowest BCUT2D eigenvalue weighted by molar-refractivity contribution is -0.383. The van der Waals surface area contributed by atoms with E-state index in [1.807, 2.05) is 0 Å². The maximum Gasteiger partial charge on any atom is 0.397 e. The average molecular weight is 880 g/mol. The molecule has 17 nitrogen and oxygen atoms in total. The summed E-state index contributed by atoms with van der Waals surface area (Å²) < 4.78 is 82.3. The first-order chi connectivity index (χ1) is 27.4. The van der Waals surface area contributed by atoms with Gasteiger partial charge < -0.3 is 16.6 Å². The summed E-state index contributed by atoms with van der Waals surface area (Å²) in [6, 6.07) is 11.1. The summed E-state index contributed by atoms with van der Waals surface area (Å²) in [5, 5.41) is 39.8. The van der Waals surface area contributed by atoms with Gasteiger partial charge in [-0.05, 0) is 49.2 Å². The van der Waals surface area contributed by atoms with Gasteiger partial charge in [-0.2, -0.15) is 36.5 Å². The average Bonchev–Trinajstić information content (AvgIpc) is 3.87. The second-order valence-corrected chi connectivity index (χ2v) is 12.9. The van der Waals surface area contributed by atoms with E-state index >= 15 is 0 Å². The Bertz CT molecular complexity index is 2240. The predicted octanol–water partition coefficient (Wildman–Crippen LogP) is 7.10. The van der Waals surface area contributed by atoms with Crippen molar-refractivity contribution in [2.75, 3.05) is 23.4 Å².